The second-order valence-corrected chi connectivity index (χ2v) is 14.4. The Hall–Kier alpha value is -1.67. The Morgan fingerprint density at radius 3 is 2.36 bits per heavy atom. The number of hydrogen-bond acceptors (Lipinski definition) is 11. The lowest BCUT2D eigenvalue weighted by Crippen LogP contribution is -2.81. The van der Waals surface area contributed by atoms with Crippen molar-refractivity contribution in [2.75, 3.05) is 48.1 Å². The van der Waals surface area contributed by atoms with Gasteiger partial charge in [0, 0.05) is 83.0 Å². The van der Waals surface area contributed by atoms with Gasteiger partial charge in [-0.15, -0.1) is 0 Å². The molecule has 7 rings (SSSR count). The summed E-state index contributed by atoms with van der Waals surface area (Å²) in [4.78, 5) is 15.6. The highest BCUT2D eigenvalue weighted by molar-refractivity contribution is 5.67. The Morgan fingerprint density at radius 1 is 1.02 bits per heavy atom. The van der Waals surface area contributed by atoms with Crippen LogP contribution in [0.2, 0.25) is 0 Å². The second kappa shape index (κ2) is 10.9. The molecule has 5 saturated carbocycles. The van der Waals surface area contributed by atoms with Gasteiger partial charge in [-0.3, -0.25) is 9.69 Å². The van der Waals surface area contributed by atoms with Gasteiger partial charge in [0.15, 0.2) is 5.60 Å². The molecule has 0 aromatic heterocycles. The van der Waals surface area contributed by atoms with E-state index in [9.17, 15) is 20.1 Å². The first-order valence-electron chi connectivity index (χ1n) is 16.3. The molecule has 1 heterocycles. The summed E-state index contributed by atoms with van der Waals surface area (Å²) in [6.07, 6.45) is -4.36. The van der Waals surface area contributed by atoms with Crippen LogP contribution in [0.3, 0.4) is 0 Å². The number of rotatable bonds is 10. The van der Waals surface area contributed by atoms with Gasteiger partial charge in [0.1, 0.15) is 17.8 Å². The molecule has 1 spiro atoms. The number of carbonyl (C=O) groups excluding carboxylic acids is 1. The maximum atomic E-state index is 13.2. The highest BCUT2D eigenvalue weighted by atomic mass is 16.6. The average molecular weight is 632 g/mol. The molecule has 3 N–H and O–H groups in total. The SMILES string of the molecule is CCN1C[C@@]2(COC)C3[C@@H](OC)C4C1[C@@]3(C1C[C@@]3(O)[C@H](OCc5ccccc5)C1[C@]4(OC(C)=O)[C@@H](O)[C@@H]3OC)[C@@H](OC)C[C@H]2O. The Bertz CT molecular complexity index is 1280. The fraction of sp³-hybridized carbons (Fsp3) is 0.794. The number of aliphatic hydroxyl groups is 3. The van der Waals surface area contributed by atoms with Crippen molar-refractivity contribution in [2.24, 2.45) is 34.5 Å². The third-order valence-corrected chi connectivity index (χ3v) is 13.2. The summed E-state index contributed by atoms with van der Waals surface area (Å²) < 4.78 is 38.1. The van der Waals surface area contributed by atoms with Crippen LogP contribution in [-0.2, 0) is 39.8 Å². The van der Waals surface area contributed by atoms with Crippen molar-refractivity contribution >= 4 is 5.97 Å². The number of hydrogen-bond donors (Lipinski definition) is 3. The minimum Gasteiger partial charge on any atom is -0.455 e. The number of esters is 1. The van der Waals surface area contributed by atoms with Crippen molar-refractivity contribution < 1.29 is 48.5 Å². The van der Waals surface area contributed by atoms with E-state index in [-0.39, 0.29) is 30.9 Å². The summed E-state index contributed by atoms with van der Waals surface area (Å²) in [6.45, 7) is 5.18. The van der Waals surface area contributed by atoms with E-state index < -0.39 is 76.5 Å². The van der Waals surface area contributed by atoms with Gasteiger partial charge < -0.3 is 43.7 Å². The molecule has 6 aliphatic rings. The van der Waals surface area contributed by atoms with Gasteiger partial charge >= 0.3 is 5.97 Å². The lowest BCUT2D eigenvalue weighted by molar-refractivity contribution is -0.328. The van der Waals surface area contributed by atoms with Crippen molar-refractivity contribution in [3.63, 3.8) is 0 Å². The van der Waals surface area contributed by atoms with Crippen molar-refractivity contribution in [1.29, 1.82) is 0 Å². The standard InChI is InChI=1S/C34H49NO10/c1-7-35-16-31(17-40-3)21(37)13-22(41-4)33-20-14-32(39)29(44-15-19-11-9-8-10-12-19)23(20)34(45-18(2)36,28(38)30(32)43-6)24(27(33)35)25(42-5)26(31)33/h8-12,20-30,37-39H,7,13-17H2,1-6H3/t20?,21-,22+,23?,24?,25+,26?,27?,28+,29-,30+,31+,32-,33+,34-/m1/s1. The molecule has 11 nitrogen and oxygen atoms in total. The Labute approximate surface area is 265 Å². The zero-order chi connectivity index (χ0) is 32.1. The quantitative estimate of drug-likeness (QED) is 0.319. The molecule has 1 saturated heterocycles. The minimum atomic E-state index is -1.59. The van der Waals surface area contributed by atoms with E-state index >= 15 is 0 Å². The summed E-state index contributed by atoms with van der Waals surface area (Å²) in [5, 5.41) is 37.3. The van der Waals surface area contributed by atoms with E-state index in [4.69, 9.17) is 28.4 Å². The van der Waals surface area contributed by atoms with Crippen LogP contribution in [0.1, 0.15) is 32.3 Å². The summed E-state index contributed by atoms with van der Waals surface area (Å²) >= 11 is 0. The van der Waals surface area contributed by atoms with Gasteiger partial charge in [-0.2, -0.15) is 0 Å². The van der Waals surface area contributed by atoms with Crippen LogP contribution in [0.5, 0.6) is 0 Å². The molecule has 5 unspecified atom stereocenters. The van der Waals surface area contributed by atoms with E-state index in [1.807, 2.05) is 30.3 Å². The van der Waals surface area contributed by atoms with Gasteiger partial charge in [0.2, 0.25) is 0 Å². The molecule has 1 aromatic carbocycles. The van der Waals surface area contributed by atoms with Gasteiger partial charge in [-0.25, -0.2) is 0 Å². The molecular formula is C34H49NO10. The topological polar surface area (TPSA) is 136 Å². The zero-order valence-electron chi connectivity index (χ0n) is 27.1. The monoisotopic (exact) mass is 631 g/mol. The molecule has 1 aromatic rings. The van der Waals surface area contributed by atoms with Crippen LogP contribution >= 0.6 is 0 Å². The lowest BCUT2D eigenvalue weighted by atomic mass is 9.42. The van der Waals surface area contributed by atoms with Crippen LogP contribution < -0.4 is 0 Å². The molecule has 11 heteroatoms. The number of fused-ring (bicyclic) bond motifs is 2. The van der Waals surface area contributed by atoms with Gasteiger partial charge in [0.05, 0.1) is 37.6 Å². The van der Waals surface area contributed by atoms with Gasteiger partial charge in [0.25, 0.3) is 0 Å². The maximum Gasteiger partial charge on any atom is 0.303 e. The van der Waals surface area contributed by atoms with E-state index in [0.29, 0.717) is 26.1 Å². The van der Waals surface area contributed by atoms with Crippen molar-refractivity contribution in [3.8, 4) is 0 Å². The van der Waals surface area contributed by atoms with Crippen LogP contribution in [0.15, 0.2) is 30.3 Å². The predicted molar refractivity (Wildman–Crippen MR) is 160 cm³/mol. The number of likely N-dealkylation sites (tertiary alicyclic amines) is 1. The third-order valence-electron chi connectivity index (χ3n) is 13.2. The molecule has 0 amide bonds. The van der Waals surface area contributed by atoms with Gasteiger partial charge in [-0.05, 0) is 24.4 Å². The molecule has 7 bridgehead atoms. The van der Waals surface area contributed by atoms with Crippen molar-refractivity contribution in [1.82, 2.24) is 4.90 Å². The largest absolute Gasteiger partial charge is 0.455 e. The van der Waals surface area contributed by atoms with Gasteiger partial charge in [-0.1, -0.05) is 37.3 Å². The number of ether oxygens (including phenoxy) is 6. The Balaban J connectivity index is 1.51. The second-order valence-electron chi connectivity index (χ2n) is 14.4. The first kappa shape index (κ1) is 31.9. The zero-order valence-corrected chi connectivity index (χ0v) is 27.1. The number of aliphatic hydroxyl groups excluding tert-OH is 2. The molecule has 1 aliphatic heterocycles. The van der Waals surface area contributed by atoms with Crippen LogP contribution in [0.4, 0.5) is 0 Å². The maximum absolute atomic E-state index is 13.2. The molecule has 5 aliphatic carbocycles. The minimum absolute atomic E-state index is 0.221. The number of nitrogens with zero attached hydrogens (tertiary/aromatic N) is 1. The molecular weight excluding hydrogens is 582 g/mol. The highest BCUT2D eigenvalue weighted by Gasteiger charge is 2.92. The first-order chi connectivity index (χ1) is 21.6. The van der Waals surface area contributed by atoms with Crippen molar-refractivity contribution in [2.45, 2.75) is 87.2 Å². The molecule has 0 radical (unpaired) electrons. The molecule has 45 heavy (non-hydrogen) atoms. The normalized spacial score (nSPS) is 50.9. The average Bonchev–Trinajstić information content (AvgIpc) is 3.41. The summed E-state index contributed by atoms with van der Waals surface area (Å²) in [6, 6.07) is 9.50. The smallest absolute Gasteiger partial charge is 0.303 e. The number of piperidine rings is 1. The Morgan fingerprint density at radius 2 is 1.76 bits per heavy atom. The van der Waals surface area contributed by atoms with Crippen molar-refractivity contribution in [3.05, 3.63) is 35.9 Å². The van der Waals surface area contributed by atoms with E-state index in [0.717, 1.165) is 5.56 Å². The summed E-state index contributed by atoms with van der Waals surface area (Å²) in [5.74, 6) is -2.31. The highest BCUT2D eigenvalue weighted by Crippen LogP contribution is 2.80. The lowest BCUT2D eigenvalue weighted by Gasteiger charge is -2.70. The fourth-order valence-corrected chi connectivity index (χ4v) is 12.4. The van der Waals surface area contributed by atoms with Crippen LogP contribution in [-0.4, -0.2) is 128 Å². The summed E-state index contributed by atoms with van der Waals surface area (Å²) in [5.41, 5.74) is -3.55. The molecule has 6 fully saturated rings. The van der Waals surface area contributed by atoms with Crippen LogP contribution in [0.25, 0.3) is 0 Å². The fourth-order valence-electron chi connectivity index (χ4n) is 12.4. The molecule has 15 atom stereocenters. The first-order valence-corrected chi connectivity index (χ1v) is 16.3. The predicted octanol–water partition coefficient (Wildman–Crippen LogP) is 1.01. The third kappa shape index (κ3) is 3.70. The number of carbonyl (C=O) groups is 1. The Kier molecular flexibility index (Phi) is 7.75. The number of benzene rings is 1. The number of methoxy groups -OCH3 is 4. The van der Waals surface area contributed by atoms with E-state index in [1.165, 1.54) is 14.0 Å². The molecule has 250 valence electrons. The van der Waals surface area contributed by atoms with Crippen LogP contribution in [0, 0.1) is 34.5 Å². The summed E-state index contributed by atoms with van der Waals surface area (Å²) in [7, 11) is 6.49. The van der Waals surface area contributed by atoms with E-state index in [1.54, 1.807) is 21.3 Å². The van der Waals surface area contributed by atoms with E-state index in [2.05, 4.69) is 11.8 Å².